The van der Waals surface area contributed by atoms with Gasteiger partial charge in [-0.2, -0.15) is 13.2 Å². The maximum atomic E-state index is 13.6. The summed E-state index contributed by atoms with van der Waals surface area (Å²) in [7, 11) is 1.79. The molecule has 9 heteroatoms. The molecule has 4 rings (SSSR count). The molecule has 1 aliphatic rings. The largest absolute Gasteiger partial charge is 0.416 e. The summed E-state index contributed by atoms with van der Waals surface area (Å²) in [5.41, 5.74) is -0.142. The lowest BCUT2D eigenvalue weighted by Gasteiger charge is -2.17. The van der Waals surface area contributed by atoms with Crippen LogP contribution >= 0.6 is 0 Å². The van der Waals surface area contributed by atoms with Crippen LogP contribution in [0.15, 0.2) is 35.5 Å². The third-order valence-corrected chi connectivity index (χ3v) is 6.40. The average Bonchev–Trinajstić information content (AvgIpc) is 3.53. The van der Waals surface area contributed by atoms with E-state index in [1.165, 1.54) is 13.0 Å². The normalized spacial score (nSPS) is 17.2. The van der Waals surface area contributed by atoms with Crippen LogP contribution in [0.25, 0.3) is 10.9 Å². The Morgan fingerprint density at radius 2 is 1.84 bits per heavy atom. The molecule has 0 N–H and O–H groups in total. The summed E-state index contributed by atoms with van der Waals surface area (Å²) in [5, 5.41) is 0.548. The molecule has 3 aromatic rings. The Kier molecular flexibility index (Phi) is 5.33. The average molecular weight is 450 g/mol. The van der Waals surface area contributed by atoms with E-state index in [9.17, 15) is 22.0 Å². The van der Waals surface area contributed by atoms with Crippen LogP contribution in [0.2, 0.25) is 0 Å². The highest BCUT2D eigenvalue weighted by Gasteiger charge is 2.53. The number of hydrogen-bond acceptors (Lipinski definition) is 3. The Bertz CT molecular complexity index is 1260. The predicted molar refractivity (Wildman–Crippen MR) is 110 cm³/mol. The van der Waals surface area contributed by atoms with Crippen molar-refractivity contribution in [1.82, 2.24) is 14.5 Å². The van der Waals surface area contributed by atoms with Gasteiger partial charge in [-0.15, -0.1) is 0 Å². The van der Waals surface area contributed by atoms with E-state index in [1.807, 2.05) is 0 Å². The number of fused-ring (bicyclic) bond motifs is 1. The van der Waals surface area contributed by atoms with Crippen molar-refractivity contribution >= 4 is 10.9 Å². The van der Waals surface area contributed by atoms with E-state index in [0.717, 1.165) is 6.07 Å². The minimum atomic E-state index is -4.46. The van der Waals surface area contributed by atoms with Gasteiger partial charge in [-0.25, -0.2) is 13.8 Å². The van der Waals surface area contributed by atoms with E-state index in [1.54, 1.807) is 43.8 Å². The molecule has 0 unspecified atom stereocenters. The van der Waals surface area contributed by atoms with Crippen molar-refractivity contribution in [2.75, 3.05) is 0 Å². The molecular weight excluding hydrogens is 427 g/mol. The SMILES string of the molecule is Cc1c([C@@H](C)/N=c2\nc(C)n(C)c3cnc(C4(C(F)F)CC4)cc23)cccc1C(F)(F)F. The van der Waals surface area contributed by atoms with E-state index in [-0.39, 0.29) is 5.56 Å². The molecule has 0 saturated heterocycles. The monoisotopic (exact) mass is 450 g/mol. The van der Waals surface area contributed by atoms with E-state index < -0.39 is 29.6 Å². The molecule has 1 saturated carbocycles. The Balaban J connectivity index is 1.90. The Hall–Kier alpha value is -2.84. The first kappa shape index (κ1) is 22.4. The van der Waals surface area contributed by atoms with Crippen molar-refractivity contribution in [2.45, 2.75) is 57.7 Å². The Labute approximate surface area is 181 Å². The number of aryl methyl sites for hydroxylation is 2. The summed E-state index contributed by atoms with van der Waals surface area (Å²) in [5.74, 6) is 0.619. The summed E-state index contributed by atoms with van der Waals surface area (Å²) in [4.78, 5) is 13.4. The second kappa shape index (κ2) is 7.64. The second-order valence-electron chi connectivity index (χ2n) is 8.41. The van der Waals surface area contributed by atoms with Crippen molar-refractivity contribution in [3.63, 3.8) is 0 Å². The Morgan fingerprint density at radius 1 is 1.16 bits per heavy atom. The molecule has 0 amide bonds. The highest BCUT2D eigenvalue weighted by atomic mass is 19.4. The maximum absolute atomic E-state index is 13.6. The van der Waals surface area contributed by atoms with Gasteiger partial charge in [-0.1, -0.05) is 12.1 Å². The van der Waals surface area contributed by atoms with E-state index in [0.29, 0.717) is 46.3 Å². The van der Waals surface area contributed by atoms with Gasteiger partial charge < -0.3 is 4.57 Å². The minimum Gasteiger partial charge on any atom is -0.331 e. The second-order valence-corrected chi connectivity index (χ2v) is 8.41. The van der Waals surface area contributed by atoms with E-state index >= 15 is 0 Å². The van der Waals surface area contributed by atoms with Crippen molar-refractivity contribution in [1.29, 1.82) is 0 Å². The third kappa shape index (κ3) is 3.67. The molecule has 170 valence electrons. The topological polar surface area (TPSA) is 43.1 Å². The molecule has 0 bridgehead atoms. The zero-order valence-electron chi connectivity index (χ0n) is 18.1. The molecule has 2 heterocycles. The molecule has 32 heavy (non-hydrogen) atoms. The Morgan fingerprint density at radius 3 is 2.44 bits per heavy atom. The van der Waals surface area contributed by atoms with Crippen molar-refractivity contribution < 1.29 is 22.0 Å². The molecular formula is C23H23F5N4. The summed E-state index contributed by atoms with van der Waals surface area (Å²) in [6.07, 6.45) is -4.72. The molecule has 1 aromatic carbocycles. The van der Waals surface area contributed by atoms with Crippen LogP contribution in [0, 0.1) is 13.8 Å². The fraction of sp³-hybridized carbons (Fsp3) is 0.435. The highest BCUT2D eigenvalue weighted by Crippen LogP contribution is 2.52. The van der Waals surface area contributed by atoms with Gasteiger partial charge in [0.05, 0.1) is 34.4 Å². The van der Waals surface area contributed by atoms with Gasteiger partial charge in [0.1, 0.15) is 5.82 Å². The van der Waals surface area contributed by atoms with Crippen LogP contribution in [0.5, 0.6) is 0 Å². The zero-order valence-corrected chi connectivity index (χ0v) is 18.1. The van der Waals surface area contributed by atoms with Crippen LogP contribution in [-0.2, 0) is 18.6 Å². The minimum absolute atomic E-state index is 0.107. The number of alkyl halides is 5. The number of nitrogens with zero attached hydrogens (tertiary/aromatic N) is 4. The molecule has 1 atom stereocenters. The first-order valence-electron chi connectivity index (χ1n) is 10.3. The van der Waals surface area contributed by atoms with Gasteiger partial charge in [0.15, 0.2) is 5.49 Å². The standard InChI is InChI=1S/C23H23F5N4/c1-12-15(6-5-7-17(12)23(26,27)28)13(2)30-20-16-10-19(22(8-9-22)21(24)25)29-11-18(16)32(4)14(3)31-20/h5-7,10-11,13,21H,8-9H2,1-4H3/b30-20-/t13-/m1/s1. The molecule has 4 nitrogen and oxygen atoms in total. The van der Waals surface area contributed by atoms with Gasteiger partial charge in [-0.05, 0) is 56.9 Å². The number of benzene rings is 1. The van der Waals surface area contributed by atoms with Crippen LogP contribution in [0.3, 0.4) is 0 Å². The number of pyridine rings is 1. The molecule has 1 fully saturated rings. The summed E-state index contributed by atoms with van der Waals surface area (Å²) in [6.45, 7) is 4.89. The number of rotatable bonds is 4. The highest BCUT2D eigenvalue weighted by molar-refractivity contribution is 5.78. The summed E-state index contributed by atoms with van der Waals surface area (Å²) >= 11 is 0. The van der Waals surface area contributed by atoms with E-state index in [4.69, 9.17) is 0 Å². The van der Waals surface area contributed by atoms with Gasteiger partial charge >= 0.3 is 6.18 Å². The smallest absolute Gasteiger partial charge is 0.331 e. The van der Waals surface area contributed by atoms with Crippen molar-refractivity contribution in [3.8, 4) is 0 Å². The van der Waals surface area contributed by atoms with Gasteiger partial charge in [0.25, 0.3) is 0 Å². The maximum Gasteiger partial charge on any atom is 0.416 e. The van der Waals surface area contributed by atoms with Crippen molar-refractivity contribution in [3.05, 3.63) is 64.2 Å². The first-order chi connectivity index (χ1) is 15.0. The predicted octanol–water partition coefficient (Wildman–Crippen LogP) is 5.56. The molecule has 1 aliphatic carbocycles. The fourth-order valence-electron chi connectivity index (χ4n) is 4.12. The van der Waals surface area contributed by atoms with Crippen LogP contribution in [-0.4, -0.2) is 21.0 Å². The summed E-state index contributed by atoms with van der Waals surface area (Å²) in [6, 6.07) is 5.00. The lowest BCUT2D eigenvalue weighted by Crippen LogP contribution is -2.22. The van der Waals surface area contributed by atoms with Crippen LogP contribution < -0.4 is 5.49 Å². The fourth-order valence-corrected chi connectivity index (χ4v) is 4.12. The number of hydrogen-bond donors (Lipinski definition) is 0. The zero-order chi connectivity index (χ0) is 23.4. The van der Waals surface area contributed by atoms with Crippen molar-refractivity contribution in [2.24, 2.45) is 12.0 Å². The quantitative estimate of drug-likeness (QED) is 0.489. The first-order valence-corrected chi connectivity index (χ1v) is 10.3. The van der Waals surface area contributed by atoms with Crippen LogP contribution in [0.1, 0.15) is 54.0 Å². The third-order valence-electron chi connectivity index (χ3n) is 6.40. The molecule has 2 aromatic heterocycles. The van der Waals surface area contributed by atoms with Crippen LogP contribution in [0.4, 0.5) is 22.0 Å². The summed E-state index contributed by atoms with van der Waals surface area (Å²) < 4.78 is 69.1. The van der Waals surface area contributed by atoms with Gasteiger partial charge in [0.2, 0.25) is 6.43 Å². The van der Waals surface area contributed by atoms with E-state index in [2.05, 4.69) is 15.0 Å². The lowest BCUT2D eigenvalue weighted by molar-refractivity contribution is -0.138. The molecule has 0 spiro atoms. The van der Waals surface area contributed by atoms with Gasteiger partial charge in [-0.3, -0.25) is 9.98 Å². The van der Waals surface area contributed by atoms with Gasteiger partial charge in [0, 0.05) is 12.4 Å². The lowest BCUT2D eigenvalue weighted by atomic mass is 9.97. The molecule has 0 radical (unpaired) electrons. The number of aromatic nitrogens is 3. The number of halogens is 5. The molecule has 0 aliphatic heterocycles.